The van der Waals surface area contributed by atoms with Crippen LogP contribution in [0.1, 0.15) is 33.1 Å². The van der Waals surface area contributed by atoms with E-state index >= 15 is 0 Å². The Bertz CT molecular complexity index is 543. The van der Waals surface area contributed by atoms with E-state index in [0.29, 0.717) is 18.4 Å². The highest BCUT2D eigenvalue weighted by Crippen LogP contribution is 2.34. The third-order valence-electron chi connectivity index (χ3n) is 4.03. The van der Waals surface area contributed by atoms with Gasteiger partial charge < -0.3 is 14.6 Å². The summed E-state index contributed by atoms with van der Waals surface area (Å²) in [5.74, 6) is -1.28. The van der Waals surface area contributed by atoms with Crippen LogP contribution in [0, 0.1) is 5.92 Å². The monoisotopic (exact) mass is 306 g/mol. The molecular weight excluding hydrogens is 284 g/mol. The van der Waals surface area contributed by atoms with Gasteiger partial charge in [0.2, 0.25) is 0 Å². The SMILES string of the molecule is C=C1C(=O)O[C@H]2/C=C(/COC(C)=O)CC/C=C(\C)C[C@H](O)[C@@H]12. The van der Waals surface area contributed by atoms with Crippen molar-refractivity contribution in [1.82, 2.24) is 0 Å². The Morgan fingerprint density at radius 3 is 2.95 bits per heavy atom. The van der Waals surface area contributed by atoms with Gasteiger partial charge in [0.25, 0.3) is 0 Å². The molecule has 2 aliphatic rings. The number of aliphatic hydroxyl groups is 1. The fourth-order valence-electron chi connectivity index (χ4n) is 2.87. The van der Waals surface area contributed by atoms with Crippen molar-refractivity contribution >= 4 is 11.9 Å². The molecule has 0 aromatic rings. The van der Waals surface area contributed by atoms with Crippen molar-refractivity contribution in [2.75, 3.05) is 6.61 Å². The van der Waals surface area contributed by atoms with Gasteiger partial charge in [-0.1, -0.05) is 18.2 Å². The fraction of sp³-hybridized carbons (Fsp3) is 0.529. The Kier molecular flexibility index (Phi) is 5.19. The molecular formula is C17H22O5. The Morgan fingerprint density at radius 2 is 2.27 bits per heavy atom. The van der Waals surface area contributed by atoms with Crippen LogP contribution < -0.4 is 0 Å². The van der Waals surface area contributed by atoms with E-state index in [0.717, 1.165) is 17.6 Å². The van der Waals surface area contributed by atoms with Crippen LogP contribution in [0.2, 0.25) is 0 Å². The first-order chi connectivity index (χ1) is 10.4. The van der Waals surface area contributed by atoms with Crippen LogP contribution in [0.4, 0.5) is 0 Å². The van der Waals surface area contributed by atoms with Crippen LogP contribution in [-0.4, -0.2) is 35.9 Å². The Balaban J connectivity index is 2.28. The number of hydrogen-bond donors (Lipinski definition) is 1. The van der Waals surface area contributed by atoms with Gasteiger partial charge in [-0.25, -0.2) is 4.79 Å². The highest BCUT2D eigenvalue weighted by molar-refractivity contribution is 5.91. The lowest BCUT2D eigenvalue weighted by molar-refractivity contribution is -0.140. The van der Waals surface area contributed by atoms with Crippen LogP contribution in [0.5, 0.6) is 0 Å². The quantitative estimate of drug-likeness (QED) is 0.480. The van der Waals surface area contributed by atoms with Crippen molar-refractivity contribution in [3.63, 3.8) is 0 Å². The molecule has 0 radical (unpaired) electrons. The molecule has 0 aromatic carbocycles. The molecule has 0 bridgehead atoms. The number of aliphatic hydroxyl groups excluding tert-OH is 1. The molecule has 3 atom stereocenters. The van der Waals surface area contributed by atoms with Crippen LogP contribution in [0.25, 0.3) is 0 Å². The molecule has 0 saturated carbocycles. The minimum Gasteiger partial charge on any atom is -0.461 e. The van der Waals surface area contributed by atoms with Crippen LogP contribution in [-0.2, 0) is 19.1 Å². The summed E-state index contributed by atoms with van der Waals surface area (Å²) >= 11 is 0. The van der Waals surface area contributed by atoms with E-state index in [-0.39, 0.29) is 12.6 Å². The summed E-state index contributed by atoms with van der Waals surface area (Å²) in [6.07, 6.45) is 4.58. The predicted molar refractivity (Wildman–Crippen MR) is 80.8 cm³/mol. The first-order valence-electron chi connectivity index (χ1n) is 7.45. The summed E-state index contributed by atoms with van der Waals surface area (Å²) < 4.78 is 10.4. The van der Waals surface area contributed by atoms with Crippen molar-refractivity contribution in [1.29, 1.82) is 0 Å². The maximum atomic E-state index is 11.8. The molecule has 1 aliphatic heterocycles. The molecule has 5 nitrogen and oxygen atoms in total. The summed E-state index contributed by atoms with van der Waals surface area (Å²) in [4.78, 5) is 22.8. The number of esters is 2. The van der Waals surface area contributed by atoms with Gasteiger partial charge in [0.05, 0.1) is 12.0 Å². The second kappa shape index (κ2) is 6.92. The third kappa shape index (κ3) is 3.85. The summed E-state index contributed by atoms with van der Waals surface area (Å²) in [7, 11) is 0. The van der Waals surface area contributed by atoms with E-state index in [4.69, 9.17) is 9.47 Å². The van der Waals surface area contributed by atoms with E-state index in [2.05, 4.69) is 12.7 Å². The summed E-state index contributed by atoms with van der Waals surface area (Å²) in [5, 5.41) is 10.4. The molecule has 1 fully saturated rings. The number of allylic oxidation sites excluding steroid dienone is 1. The zero-order valence-electron chi connectivity index (χ0n) is 13.0. The van der Waals surface area contributed by atoms with E-state index in [9.17, 15) is 14.7 Å². The number of carbonyl (C=O) groups excluding carboxylic acids is 2. The molecule has 0 aromatic heterocycles. The van der Waals surface area contributed by atoms with Crippen molar-refractivity contribution in [3.05, 3.63) is 35.5 Å². The van der Waals surface area contributed by atoms with E-state index in [1.165, 1.54) is 6.92 Å². The lowest BCUT2D eigenvalue weighted by Gasteiger charge is -2.23. The van der Waals surface area contributed by atoms with Crippen molar-refractivity contribution in [2.24, 2.45) is 5.92 Å². The molecule has 1 aliphatic carbocycles. The topological polar surface area (TPSA) is 72.8 Å². The highest BCUT2D eigenvalue weighted by Gasteiger charge is 2.42. The van der Waals surface area contributed by atoms with Crippen LogP contribution in [0.3, 0.4) is 0 Å². The molecule has 1 saturated heterocycles. The van der Waals surface area contributed by atoms with Gasteiger partial charge >= 0.3 is 11.9 Å². The lowest BCUT2D eigenvalue weighted by Crippen LogP contribution is -2.29. The van der Waals surface area contributed by atoms with Crippen LogP contribution >= 0.6 is 0 Å². The van der Waals surface area contributed by atoms with Crippen LogP contribution in [0.15, 0.2) is 35.5 Å². The van der Waals surface area contributed by atoms with Gasteiger partial charge in [0.1, 0.15) is 12.7 Å². The predicted octanol–water partition coefficient (Wildman–Crippen LogP) is 2.06. The largest absolute Gasteiger partial charge is 0.461 e. The molecule has 22 heavy (non-hydrogen) atoms. The molecule has 0 unspecified atom stereocenters. The zero-order chi connectivity index (χ0) is 16.3. The Labute approximate surface area is 130 Å². The maximum Gasteiger partial charge on any atom is 0.334 e. The summed E-state index contributed by atoms with van der Waals surface area (Å²) in [6, 6.07) is 0. The average Bonchev–Trinajstić information content (AvgIpc) is 2.70. The third-order valence-corrected chi connectivity index (χ3v) is 4.03. The van der Waals surface area contributed by atoms with Gasteiger partial charge in [0, 0.05) is 12.5 Å². The average molecular weight is 306 g/mol. The van der Waals surface area contributed by atoms with Gasteiger partial charge in [-0.3, -0.25) is 4.79 Å². The zero-order valence-corrected chi connectivity index (χ0v) is 13.0. The van der Waals surface area contributed by atoms with E-state index < -0.39 is 24.1 Å². The number of fused-ring (bicyclic) bond motifs is 1. The van der Waals surface area contributed by atoms with Crippen molar-refractivity contribution < 1.29 is 24.2 Å². The van der Waals surface area contributed by atoms with E-state index in [1.54, 1.807) is 6.08 Å². The van der Waals surface area contributed by atoms with Gasteiger partial charge in [0.15, 0.2) is 0 Å². The smallest absolute Gasteiger partial charge is 0.334 e. The number of rotatable bonds is 2. The fourth-order valence-corrected chi connectivity index (χ4v) is 2.87. The second-order valence-corrected chi connectivity index (χ2v) is 5.89. The molecule has 120 valence electrons. The number of ether oxygens (including phenoxy) is 2. The number of hydrogen-bond acceptors (Lipinski definition) is 5. The lowest BCUT2D eigenvalue weighted by atomic mass is 9.85. The molecule has 1 heterocycles. The highest BCUT2D eigenvalue weighted by atomic mass is 16.6. The first-order valence-corrected chi connectivity index (χ1v) is 7.45. The maximum absolute atomic E-state index is 11.8. The van der Waals surface area contributed by atoms with Gasteiger partial charge in [-0.2, -0.15) is 0 Å². The molecule has 0 spiro atoms. The van der Waals surface area contributed by atoms with Gasteiger partial charge in [-0.05, 0) is 37.8 Å². The summed E-state index contributed by atoms with van der Waals surface area (Å²) in [5.41, 5.74) is 2.24. The molecule has 2 rings (SSSR count). The minimum absolute atomic E-state index is 0.172. The second-order valence-electron chi connectivity index (χ2n) is 5.89. The minimum atomic E-state index is -0.718. The molecule has 1 N–H and O–H groups in total. The Hall–Kier alpha value is -1.88. The van der Waals surface area contributed by atoms with Crippen molar-refractivity contribution in [3.8, 4) is 0 Å². The first kappa shape index (κ1) is 16.5. The van der Waals surface area contributed by atoms with Gasteiger partial charge in [-0.15, -0.1) is 0 Å². The molecule has 5 heteroatoms. The standard InChI is InChI=1S/C17H22O5/c1-10-5-4-6-13(9-21-12(3)18)8-15-16(14(19)7-10)11(2)17(20)22-15/h5,8,14-16,19H,2,4,6-7,9H2,1,3H3/b10-5+,13-8+/t14-,15-,16+/m0/s1. The number of carbonyl (C=O) groups is 2. The normalized spacial score (nSPS) is 33.9. The summed E-state index contributed by atoms with van der Waals surface area (Å²) in [6.45, 7) is 7.23. The molecule has 0 amide bonds. The Morgan fingerprint density at radius 1 is 1.55 bits per heavy atom. The van der Waals surface area contributed by atoms with E-state index in [1.807, 2.05) is 6.92 Å². The van der Waals surface area contributed by atoms with Crippen molar-refractivity contribution in [2.45, 2.75) is 45.3 Å².